The molecular formula is C24H25Cl3N2S. The number of nitrogens with zero attached hydrogens (tertiary/aromatic N) is 2. The Bertz CT molecular complexity index is 1010. The molecule has 0 radical (unpaired) electrons. The fourth-order valence-electron chi connectivity index (χ4n) is 3.86. The number of hydrogen-bond acceptors (Lipinski definition) is 2. The van der Waals surface area contributed by atoms with E-state index in [-0.39, 0.29) is 12.4 Å². The molecule has 0 saturated carbocycles. The lowest BCUT2D eigenvalue weighted by molar-refractivity contribution is -0.903. The van der Waals surface area contributed by atoms with Gasteiger partial charge < -0.3 is 21.8 Å². The molecule has 30 heavy (non-hydrogen) atoms. The van der Waals surface area contributed by atoms with Crippen molar-refractivity contribution in [2.24, 2.45) is 0 Å². The van der Waals surface area contributed by atoms with Gasteiger partial charge in [-0.25, -0.2) is 0 Å². The average molecular weight is 480 g/mol. The molecule has 0 aromatic heterocycles. The molecule has 0 saturated heterocycles. The molecule has 1 heterocycles. The molecule has 6 heteroatoms. The monoisotopic (exact) mass is 478 g/mol. The molecule has 0 aliphatic carbocycles. The van der Waals surface area contributed by atoms with Crippen LogP contribution < -0.4 is 17.3 Å². The first-order chi connectivity index (χ1) is 13.9. The van der Waals surface area contributed by atoms with Gasteiger partial charge in [0.15, 0.2) is 0 Å². The fraction of sp³-hybridized carbons (Fsp3) is 0.250. The molecule has 1 aliphatic rings. The van der Waals surface area contributed by atoms with Gasteiger partial charge in [-0.15, -0.1) is 0 Å². The van der Waals surface area contributed by atoms with E-state index in [0.717, 1.165) is 40.6 Å². The Hall–Kier alpha value is -1.36. The molecule has 4 rings (SSSR count). The zero-order valence-corrected chi connectivity index (χ0v) is 20.2. The van der Waals surface area contributed by atoms with E-state index in [1.807, 2.05) is 30.0 Å². The SMILES string of the molecule is C[N+](C)(CCCN1c2ccccc2Sc2ccc(Cl)cc21)Cc1ccc(Cl)cc1.[Cl-]. The van der Waals surface area contributed by atoms with Crippen LogP contribution in [-0.2, 0) is 6.54 Å². The zero-order valence-electron chi connectivity index (χ0n) is 17.1. The molecular weight excluding hydrogens is 455 g/mol. The highest BCUT2D eigenvalue weighted by molar-refractivity contribution is 7.99. The topological polar surface area (TPSA) is 3.24 Å². The molecule has 158 valence electrons. The van der Waals surface area contributed by atoms with Crippen molar-refractivity contribution >= 4 is 46.3 Å². The number of halogens is 3. The van der Waals surface area contributed by atoms with E-state index >= 15 is 0 Å². The summed E-state index contributed by atoms with van der Waals surface area (Å²) < 4.78 is 0.939. The first-order valence-electron chi connectivity index (χ1n) is 9.82. The van der Waals surface area contributed by atoms with E-state index < -0.39 is 0 Å². The van der Waals surface area contributed by atoms with Crippen molar-refractivity contribution in [2.75, 3.05) is 32.1 Å². The molecule has 1 aliphatic heterocycles. The average Bonchev–Trinajstić information content (AvgIpc) is 2.69. The van der Waals surface area contributed by atoms with Crippen LogP contribution in [0.5, 0.6) is 0 Å². The van der Waals surface area contributed by atoms with E-state index in [2.05, 4.69) is 67.5 Å². The Morgan fingerprint density at radius 3 is 2.27 bits per heavy atom. The molecule has 0 N–H and O–H groups in total. The highest BCUT2D eigenvalue weighted by Gasteiger charge is 2.24. The maximum atomic E-state index is 6.33. The molecule has 0 atom stereocenters. The normalized spacial score (nSPS) is 12.7. The van der Waals surface area contributed by atoms with Gasteiger partial charge in [0.05, 0.1) is 32.0 Å². The van der Waals surface area contributed by atoms with Crippen molar-refractivity contribution in [2.45, 2.75) is 22.8 Å². The van der Waals surface area contributed by atoms with E-state index in [1.54, 1.807) is 0 Å². The largest absolute Gasteiger partial charge is 1.00 e. The number of rotatable bonds is 6. The van der Waals surface area contributed by atoms with Gasteiger partial charge in [0.25, 0.3) is 0 Å². The number of quaternary nitrogens is 1. The first-order valence-corrected chi connectivity index (χ1v) is 11.4. The molecule has 0 bridgehead atoms. The number of hydrogen-bond donors (Lipinski definition) is 0. The Morgan fingerprint density at radius 1 is 0.833 bits per heavy atom. The third kappa shape index (κ3) is 5.46. The summed E-state index contributed by atoms with van der Waals surface area (Å²) in [6.45, 7) is 3.05. The molecule has 0 fully saturated rings. The first kappa shape index (κ1) is 23.3. The summed E-state index contributed by atoms with van der Waals surface area (Å²) in [5.74, 6) is 0. The molecule has 0 amide bonds. The predicted octanol–water partition coefficient (Wildman–Crippen LogP) is 4.27. The van der Waals surface area contributed by atoms with Crippen molar-refractivity contribution in [1.82, 2.24) is 0 Å². The molecule has 0 unspecified atom stereocenters. The number of fused-ring (bicyclic) bond motifs is 2. The number of anilines is 2. The van der Waals surface area contributed by atoms with Crippen LogP contribution in [-0.4, -0.2) is 31.7 Å². The van der Waals surface area contributed by atoms with Crippen molar-refractivity contribution in [3.63, 3.8) is 0 Å². The van der Waals surface area contributed by atoms with Gasteiger partial charge in [0.2, 0.25) is 0 Å². The van der Waals surface area contributed by atoms with E-state index in [0.29, 0.717) is 0 Å². The number of benzene rings is 3. The third-order valence-corrected chi connectivity index (χ3v) is 6.87. The van der Waals surface area contributed by atoms with E-state index in [4.69, 9.17) is 23.2 Å². The van der Waals surface area contributed by atoms with E-state index in [9.17, 15) is 0 Å². The Morgan fingerprint density at radius 2 is 1.50 bits per heavy atom. The smallest absolute Gasteiger partial charge is 0.104 e. The maximum Gasteiger partial charge on any atom is 0.104 e. The zero-order chi connectivity index (χ0) is 20.4. The van der Waals surface area contributed by atoms with Crippen molar-refractivity contribution in [1.29, 1.82) is 0 Å². The lowest BCUT2D eigenvalue weighted by atomic mass is 10.1. The van der Waals surface area contributed by atoms with Gasteiger partial charge in [0.1, 0.15) is 6.54 Å². The van der Waals surface area contributed by atoms with Crippen LogP contribution in [0.3, 0.4) is 0 Å². The van der Waals surface area contributed by atoms with Crippen LogP contribution in [0.4, 0.5) is 11.4 Å². The lowest BCUT2D eigenvalue weighted by Crippen LogP contribution is -3.00. The molecule has 3 aromatic rings. The van der Waals surface area contributed by atoms with Crippen molar-refractivity contribution in [3.05, 3.63) is 82.3 Å². The second-order valence-corrected chi connectivity index (χ2v) is 10.1. The summed E-state index contributed by atoms with van der Waals surface area (Å²) in [6.07, 6.45) is 1.09. The minimum absolute atomic E-state index is 0. The fourth-order valence-corrected chi connectivity index (χ4v) is 5.23. The summed E-state index contributed by atoms with van der Waals surface area (Å²) in [6, 6.07) is 23.0. The molecule has 2 nitrogen and oxygen atoms in total. The Balaban J connectivity index is 0.00000256. The van der Waals surface area contributed by atoms with Gasteiger partial charge in [-0.2, -0.15) is 0 Å². The van der Waals surface area contributed by atoms with E-state index in [1.165, 1.54) is 26.7 Å². The van der Waals surface area contributed by atoms with Gasteiger partial charge in [-0.3, -0.25) is 0 Å². The minimum atomic E-state index is 0. The van der Waals surface area contributed by atoms with Crippen LogP contribution in [0.15, 0.2) is 76.5 Å². The summed E-state index contributed by atoms with van der Waals surface area (Å²) >= 11 is 14.2. The summed E-state index contributed by atoms with van der Waals surface area (Å²) in [4.78, 5) is 5.00. The van der Waals surface area contributed by atoms with Crippen LogP contribution in [0.2, 0.25) is 10.0 Å². The Labute approximate surface area is 199 Å². The molecule has 0 spiro atoms. The van der Waals surface area contributed by atoms with Crippen LogP contribution in [0, 0.1) is 0 Å². The highest BCUT2D eigenvalue weighted by Crippen LogP contribution is 2.48. The van der Waals surface area contributed by atoms with Gasteiger partial charge in [-0.1, -0.05) is 59.2 Å². The number of para-hydroxylation sites is 1. The van der Waals surface area contributed by atoms with Crippen LogP contribution in [0.1, 0.15) is 12.0 Å². The maximum absolute atomic E-state index is 6.33. The van der Waals surface area contributed by atoms with Crippen LogP contribution in [0.25, 0.3) is 0 Å². The second kappa shape index (κ2) is 9.84. The predicted molar refractivity (Wildman–Crippen MR) is 126 cm³/mol. The summed E-state index contributed by atoms with van der Waals surface area (Å²) in [5.41, 5.74) is 3.80. The molecule has 3 aromatic carbocycles. The van der Waals surface area contributed by atoms with Gasteiger partial charge in [-0.05, 0) is 42.5 Å². The summed E-state index contributed by atoms with van der Waals surface area (Å²) in [5, 5.41) is 1.57. The van der Waals surface area contributed by atoms with Crippen molar-refractivity contribution in [3.8, 4) is 0 Å². The highest BCUT2D eigenvalue weighted by atomic mass is 35.5. The Kier molecular flexibility index (Phi) is 7.65. The van der Waals surface area contributed by atoms with Crippen LogP contribution >= 0.6 is 35.0 Å². The summed E-state index contributed by atoms with van der Waals surface area (Å²) in [7, 11) is 4.58. The van der Waals surface area contributed by atoms with Gasteiger partial charge >= 0.3 is 0 Å². The van der Waals surface area contributed by atoms with Gasteiger partial charge in [0, 0.05) is 38.4 Å². The standard InChI is InChI=1S/C24H25Cl2N2S.ClH/c1-28(2,17-18-8-10-19(25)11-9-18)15-5-14-27-21-6-3-4-7-23(21)29-24-13-12-20(26)16-22(24)27;/h3-4,6-13,16H,5,14-15,17H2,1-2H3;1H/q+1;/p-1. The third-order valence-electron chi connectivity index (χ3n) is 5.26. The lowest BCUT2D eigenvalue weighted by Gasteiger charge is -2.35. The quantitative estimate of drug-likeness (QED) is 0.486. The van der Waals surface area contributed by atoms with Crippen molar-refractivity contribution < 1.29 is 16.9 Å². The second-order valence-electron chi connectivity index (χ2n) is 8.13. The minimum Gasteiger partial charge on any atom is -1.00 e.